The first-order valence-corrected chi connectivity index (χ1v) is 8.12. The van der Waals surface area contributed by atoms with Crippen LogP contribution in [0.3, 0.4) is 0 Å². The van der Waals surface area contributed by atoms with Gasteiger partial charge in [-0.15, -0.1) is 0 Å². The van der Waals surface area contributed by atoms with Crippen LogP contribution in [0.25, 0.3) is 0 Å². The monoisotopic (exact) mass is 301 g/mol. The van der Waals surface area contributed by atoms with Crippen molar-refractivity contribution in [3.8, 4) is 5.75 Å². The van der Waals surface area contributed by atoms with Gasteiger partial charge in [-0.3, -0.25) is 0 Å². The molecule has 0 spiro atoms. The van der Waals surface area contributed by atoms with Gasteiger partial charge in [0, 0.05) is 12.6 Å². The first-order chi connectivity index (χ1) is 10.7. The molecule has 0 bridgehead atoms. The number of aliphatic imine (C=N–C) groups is 1. The summed E-state index contributed by atoms with van der Waals surface area (Å²) < 4.78 is 5.73. The minimum atomic E-state index is 0.188. The molecule has 1 aromatic carbocycles. The fourth-order valence-electron chi connectivity index (χ4n) is 2.41. The molecule has 2 N–H and O–H groups in total. The topological polar surface area (TPSA) is 45.7 Å². The number of rotatable bonds is 6. The zero-order valence-corrected chi connectivity index (χ0v) is 13.8. The minimum Gasteiger partial charge on any atom is -0.491 e. The molecule has 0 radical (unpaired) electrons. The summed E-state index contributed by atoms with van der Waals surface area (Å²) in [6.07, 6.45) is 6.76. The SMILES string of the molecule is CCNC(=NCc1cccc(OC(C)C)c1)NC1CC=CC1. The maximum atomic E-state index is 5.73. The largest absolute Gasteiger partial charge is 0.491 e. The van der Waals surface area contributed by atoms with Gasteiger partial charge in [-0.05, 0) is 51.3 Å². The second-order valence-corrected chi connectivity index (χ2v) is 5.79. The van der Waals surface area contributed by atoms with Crippen LogP contribution >= 0.6 is 0 Å². The fourth-order valence-corrected chi connectivity index (χ4v) is 2.41. The van der Waals surface area contributed by atoms with Gasteiger partial charge in [-0.2, -0.15) is 0 Å². The molecule has 0 aromatic heterocycles. The summed E-state index contributed by atoms with van der Waals surface area (Å²) in [6, 6.07) is 8.61. The van der Waals surface area contributed by atoms with E-state index >= 15 is 0 Å². The van der Waals surface area contributed by atoms with Gasteiger partial charge in [-0.1, -0.05) is 24.3 Å². The lowest BCUT2D eigenvalue weighted by molar-refractivity contribution is 0.242. The Balaban J connectivity index is 1.96. The van der Waals surface area contributed by atoms with Crippen molar-refractivity contribution in [3.05, 3.63) is 42.0 Å². The van der Waals surface area contributed by atoms with Crippen LogP contribution in [-0.2, 0) is 6.54 Å². The number of benzene rings is 1. The summed E-state index contributed by atoms with van der Waals surface area (Å²) in [5.41, 5.74) is 1.15. The van der Waals surface area contributed by atoms with Crippen LogP contribution < -0.4 is 15.4 Å². The van der Waals surface area contributed by atoms with E-state index < -0.39 is 0 Å². The molecule has 2 rings (SSSR count). The molecule has 0 unspecified atom stereocenters. The second kappa shape index (κ2) is 8.47. The molecule has 0 heterocycles. The lowest BCUT2D eigenvalue weighted by atomic mass is 10.2. The van der Waals surface area contributed by atoms with Crippen molar-refractivity contribution in [2.75, 3.05) is 6.54 Å². The Kier molecular flexibility index (Phi) is 6.31. The molecule has 4 nitrogen and oxygen atoms in total. The van der Waals surface area contributed by atoms with Gasteiger partial charge in [0.15, 0.2) is 5.96 Å². The predicted molar refractivity (Wildman–Crippen MR) is 92.3 cm³/mol. The molecule has 0 saturated heterocycles. The first kappa shape index (κ1) is 16.4. The van der Waals surface area contributed by atoms with E-state index in [0.717, 1.165) is 36.7 Å². The maximum Gasteiger partial charge on any atom is 0.191 e. The summed E-state index contributed by atoms with van der Waals surface area (Å²) >= 11 is 0. The molecule has 4 heteroatoms. The van der Waals surface area contributed by atoms with Crippen molar-refractivity contribution in [3.63, 3.8) is 0 Å². The van der Waals surface area contributed by atoms with Gasteiger partial charge in [0.05, 0.1) is 12.6 Å². The minimum absolute atomic E-state index is 0.188. The molecule has 0 amide bonds. The molecule has 1 aliphatic carbocycles. The highest BCUT2D eigenvalue weighted by atomic mass is 16.5. The summed E-state index contributed by atoms with van der Waals surface area (Å²) in [7, 11) is 0. The fraction of sp³-hybridized carbons (Fsp3) is 0.500. The normalized spacial score (nSPS) is 15.4. The van der Waals surface area contributed by atoms with E-state index in [1.807, 2.05) is 26.0 Å². The molecule has 120 valence electrons. The number of nitrogens with one attached hydrogen (secondary N) is 2. The van der Waals surface area contributed by atoms with E-state index in [9.17, 15) is 0 Å². The quantitative estimate of drug-likeness (QED) is 0.482. The van der Waals surface area contributed by atoms with Crippen LogP contribution in [0.1, 0.15) is 39.2 Å². The molecular formula is C18H27N3O. The van der Waals surface area contributed by atoms with E-state index in [2.05, 4.69) is 46.8 Å². The van der Waals surface area contributed by atoms with E-state index in [-0.39, 0.29) is 6.10 Å². The zero-order chi connectivity index (χ0) is 15.8. The summed E-state index contributed by atoms with van der Waals surface area (Å²) in [4.78, 5) is 4.68. The Labute approximate surface area is 133 Å². The van der Waals surface area contributed by atoms with Gasteiger partial charge >= 0.3 is 0 Å². The second-order valence-electron chi connectivity index (χ2n) is 5.79. The number of hydrogen-bond acceptors (Lipinski definition) is 2. The van der Waals surface area contributed by atoms with Gasteiger partial charge in [-0.25, -0.2) is 4.99 Å². The standard InChI is InChI=1S/C18H27N3O/c1-4-19-18(21-16-9-5-6-10-16)20-13-15-8-7-11-17(12-15)22-14(2)3/h5-8,11-12,14,16H,4,9-10,13H2,1-3H3,(H2,19,20,21). The first-order valence-electron chi connectivity index (χ1n) is 8.12. The van der Waals surface area contributed by atoms with Crippen LogP contribution in [0.4, 0.5) is 0 Å². The average molecular weight is 301 g/mol. The van der Waals surface area contributed by atoms with E-state index in [1.54, 1.807) is 0 Å². The van der Waals surface area contributed by atoms with Crippen molar-refractivity contribution in [1.82, 2.24) is 10.6 Å². The summed E-state index contributed by atoms with van der Waals surface area (Å²) in [5, 5.41) is 6.79. The number of guanidine groups is 1. The smallest absolute Gasteiger partial charge is 0.191 e. The predicted octanol–water partition coefficient (Wildman–Crippen LogP) is 3.25. The molecule has 1 aromatic rings. The summed E-state index contributed by atoms with van der Waals surface area (Å²) in [6.45, 7) is 7.66. The van der Waals surface area contributed by atoms with Crippen LogP contribution in [0.15, 0.2) is 41.4 Å². The van der Waals surface area contributed by atoms with Gasteiger partial charge in [0.1, 0.15) is 5.75 Å². The van der Waals surface area contributed by atoms with Crippen LogP contribution in [0.2, 0.25) is 0 Å². The Morgan fingerprint density at radius 3 is 2.77 bits per heavy atom. The molecule has 0 fully saturated rings. The molecular weight excluding hydrogens is 274 g/mol. The van der Waals surface area contributed by atoms with Gasteiger partial charge < -0.3 is 15.4 Å². The highest BCUT2D eigenvalue weighted by molar-refractivity contribution is 5.80. The van der Waals surface area contributed by atoms with Crippen LogP contribution in [0.5, 0.6) is 5.75 Å². The van der Waals surface area contributed by atoms with Crippen molar-refractivity contribution >= 4 is 5.96 Å². The Hall–Kier alpha value is -1.97. The molecule has 0 aliphatic heterocycles. The highest BCUT2D eigenvalue weighted by Gasteiger charge is 2.11. The van der Waals surface area contributed by atoms with E-state index in [1.165, 1.54) is 0 Å². The van der Waals surface area contributed by atoms with Gasteiger partial charge in [0.2, 0.25) is 0 Å². The van der Waals surface area contributed by atoms with Crippen molar-refractivity contribution in [2.24, 2.45) is 4.99 Å². The van der Waals surface area contributed by atoms with Crippen LogP contribution in [-0.4, -0.2) is 24.7 Å². The van der Waals surface area contributed by atoms with E-state index in [4.69, 9.17) is 4.74 Å². The van der Waals surface area contributed by atoms with Crippen molar-refractivity contribution in [2.45, 2.75) is 52.3 Å². The van der Waals surface area contributed by atoms with Gasteiger partial charge in [0.25, 0.3) is 0 Å². The molecule has 0 atom stereocenters. The summed E-state index contributed by atoms with van der Waals surface area (Å²) in [5.74, 6) is 1.78. The lowest BCUT2D eigenvalue weighted by Gasteiger charge is -2.16. The van der Waals surface area contributed by atoms with Crippen molar-refractivity contribution in [1.29, 1.82) is 0 Å². The third-order valence-electron chi connectivity index (χ3n) is 3.38. The third-order valence-corrected chi connectivity index (χ3v) is 3.38. The molecule has 0 saturated carbocycles. The molecule has 1 aliphatic rings. The Morgan fingerprint density at radius 1 is 1.32 bits per heavy atom. The lowest BCUT2D eigenvalue weighted by Crippen LogP contribution is -2.42. The average Bonchev–Trinajstić information content (AvgIpc) is 2.98. The maximum absolute atomic E-state index is 5.73. The number of nitrogens with zero attached hydrogens (tertiary/aromatic N) is 1. The Bertz CT molecular complexity index is 515. The number of ether oxygens (including phenoxy) is 1. The molecule has 22 heavy (non-hydrogen) atoms. The Morgan fingerprint density at radius 2 is 2.09 bits per heavy atom. The van der Waals surface area contributed by atoms with E-state index in [0.29, 0.717) is 12.6 Å². The number of hydrogen-bond donors (Lipinski definition) is 2. The van der Waals surface area contributed by atoms with Crippen LogP contribution in [0, 0.1) is 0 Å². The zero-order valence-electron chi connectivity index (χ0n) is 13.8. The third kappa shape index (κ3) is 5.43. The van der Waals surface area contributed by atoms with Crippen molar-refractivity contribution < 1.29 is 4.74 Å². The highest BCUT2D eigenvalue weighted by Crippen LogP contribution is 2.15.